The fourth-order valence-corrected chi connectivity index (χ4v) is 3.11. The molecule has 0 bridgehead atoms. The Morgan fingerprint density at radius 2 is 1.68 bits per heavy atom. The molecule has 0 aliphatic heterocycles. The zero-order valence-electron chi connectivity index (χ0n) is 9.62. The van der Waals surface area contributed by atoms with E-state index in [9.17, 15) is 13.6 Å². The molecule has 0 aliphatic rings. The van der Waals surface area contributed by atoms with Crippen LogP contribution in [-0.2, 0) is 15.6 Å². The second-order valence-electron chi connectivity index (χ2n) is 3.92. The summed E-state index contributed by atoms with van der Waals surface area (Å²) in [6.07, 6.45) is 1.26. The predicted molar refractivity (Wildman–Crippen MR) is 71.2 cm³/mol. The third-order valence-corrected chi connectivity index (χ3v) is 4.73. The fourth-order valence-electron chi connectivity index (χ4n) is 1.54. The molecule has 2 aromatic rings. The van der Waals surface area contributed by atoms with Crippen molar-refractivity contribution < 1.29 is 18.4 Å². The summed E-state index contributed by atoms with van der Waals surface area (Å²) in [5.41, 5.74) is 0.432. The molecule has 7 heteroatoms. The fraction of sp³-hybridized carbons (Fsp3) is 0.0833. The van der Waals surface area contributed by atoms with Gasteiger partial charge in [0.1, 0.15) is 0 Å². The summed E-state index contributed by atoms with van der Waals surface area (Å²) in [5, 5.41) is 9.95. The standard InChI is InChI=1S/C12H10Cl2NO3S/c13-10-2-4-11(5-3-10)19(17,18)8-9-1-6-12(14)15(16)7-9/h1-7,16H,8H2/q+1. The number of hydrogen-bond donors (Lipinski definition) is 1. The zero-order chi connectivity index (χ0) is 14.0. The van der Waals surface area contributed by atoms with Crippen LogP contribution in [0.3, 0.4) is 0 Å². The molecule has 0 aliphatic carbocycles. The van der Waals surface area contributed by atoms with Crippen LogP contribution in [0, 0.1) is 0 Å². The van der Waals surface area contributed by atoms with Crippen LogP contribution < -0.4 is 4.73 Å². The lowest BCUT2D eigenvalue weighted by molar-refractivity contribution is -0.903. The summed E-state index contributed by atoms with van der Waals surface area (Å²) in [7, 11) is -3.49. The average Bonchev–Trinajstić information content (AvgIpc) is 2.34. The molecule has 100 valence electrons. The molecular formula is C12H10Cl2NO3S+. The first kappa shape index (κ1) is 14.1. The van der Waals surface area contributed by atoms with Gasteiger partial charge in [0.05, 0.1) is 10.6 Å². The maximum absolute atomic E-state index is 12.1. The van der Waals surface area contributed by atoms with E-state index in [0.717, 1.165) is 0 Å². The molecule has 0 unspecified atom stereocenters. The van der Waals surface area contributed by atoms with Gasteiger partial charge in [-0.2, -0.15) is 0 Å². The number of hydrogen-bond acceptors (Lipinski definition) is 3. The lowest BCUT2D eigenvalue weighted by Crippen LogP contribution is -2.31. The molecule has 1 aromatic carbocycles. The van der Waals surface area contributed by atoms with E-state index >= 15 is 0 Å². The Morgan fingerprint density at radius 3 is 2.26 bits per heavy atom. The Morgan fingerprint density at radius 1 is 1.05 bits per heavy atom. The monoisotopic (exact) mass is 318 g/mol. The molecular weight excluding hydrogens is 309 g/mol. The second kappa shape index (κ2) is 5.36. The van der Waals surface area contributed by atoms with Crippen LogP contribution in [0.5, 0.6) is 0 Å². The molecule has 1 heterocycles. The van der Waals surface area contributed by atoms with Crippen molar-refractivity contribution in [1.29, 1.82) is 0 Å². The third kappa shape index (κ3) is 3.37. The predicted octanol–water partition coefficient (Wildman–Crippen LogP) is 2.49. The SMILES string of the molecule is O=S(=O)(Cc1ccc(Cl)[n+](O)c1)c1ccc(Cl)cc1. The van der Waals surface area contributed by atoms with Crippen molar-refractivity contribution in [3.8, 4) is 0 Å². The highest BCUT2D eigenvalue weighted by Gasteiger charge is 2.18. The number of benzene rings is 1. The summed E-state index contributed by atoms with van der Waals surface area (Å²) >= 11 is 11.3. The highest BCUT2D eigenvalue weighted by Crippen LogP contribution is 2.18. The van der Waals surface area contributed by atoms with Crippen LogP contribution in [0.25, 0.3) is 0 Å². The molecule has 0 radical (unpaired) electrons. The van der Waals surface area contributed by atoms with E-state index in [1.54, 1.807) is 6.07 Å². The van der Waals surface area contributed by atoms with Gasteiger partial charge in [-0.25, -0.2) is 8.42 Å². The van der Waals surface area contributed by atoms with Gasteiger partial charge in [0.2, 0.25) is 6.20 Å². The summed E-state index contributed by atoms with van der Waals surface area (Å²) in [6, 6.07) is 8.89. The maximum atomic E-state index is 12.1. The number of sulfone groups is 1. The molecule has 2 rings (SSSR count). The molecule has 1 aromatic heterocycles. The van der Waals surface area contributed by atoms with Crippen molar-refractivity contribution >= 4 is 33.0 Å². The van der Waals surface area contributed by atoms with Crippen LogP contribution in [-0.4, -0.2) is 13.6 Å². The van der Waals surface area contributed by atoms with Gasteiger partial charge >= 0.3 is 5.15 Å². The lowest BCUT2D eigenvalue weighted by atomic mass is 10.3. The van der Waals surface area contributed by atoms with E-state index in [0.29, 0.717) is 15.3 Å². The second-order valence-corrected chi connectivity index (χ2v) is 6.73. The topological polar surface area (TPSA) is 58.2 Å². The maximum Gasteiger partial charge on any atom is 0.325 e. The Labute approximate surface area is 120 Å². The normalized spacial score (nSPS) is 11.5. The van der Waals surface area contributed by atoms with Gasteiger partial charge in [-0.1, -0.05) is 11.6 Å². The van der Waals surface area contributed by atoms with Crippen LogP contribution in [0.15, 0.2) is 47.5 Å². The molecule has 0 spiro atoms. The van der Waals surface area contributed by atoms with E-state index in [4.69, 9.17) is 23.2 Å². The van der Waals surface area contributed by atoms with Gasteiger partial charge in [0.15, 0.2) is 9.84 Å². The molecule has 19 heavy (non-hydrogen) atoms. The van der Waals surface area contributed by atoms with Crippen molar-refractivity contribution in [2.24, 2.45) is 0 Å². The summed E-state index contributed by atoms with van der Waals surface area (Å²) in [5.74, 6) is -0.230. The smallest absolute Gasteiger partial charge is 0.284 e. The van der Waals surface area contributed by atoms with Gasteiger partial charge in [0.25, 0.3) is 0 Å². The first-order valence-corrected chi connectivity index (χ1v) is 7.67. The zero-order valence-corrected chi connectivity index (χ0v) is 12.0. The van der Waals surface area contributed by atoms with Crippen molar-refractivity contribution in [3.05, 3.63) is 58.3 Å². The van der Waals surface area contributed by atoms with Crippen LogP contribution in [0.4, 0.5) is 0 Å². The van der Waals surface area contributed by atoms with Gasteiger partial charge in [-0.15, -0.1) is 0 Å². The molecule has 0 saturated carbocycles. The minimum absolute atomic E-state index is 0.104. The van der Waals surface area contributed by atoms with E-state index in [-0.39, 0.29) is 15.8 Å². The van der Waals surface area contributed by atoms with Crippen molar-refractivity contribution in [2.75, 3.05) is 0 Å². The molecule has 4 nitrogen and oxygen atoms in total. The van der Waals surface area contributed by atoms with Crippen LogP contribution in [0.2, 0.25) is 10.2 Å². The number of aromatic nitrogens is 1. The molecule has 0 amide bonds. The van der Waals surface area contributed by atoms with Crippen molar-refractivity contribution in [2.45, 2.75) is 10.6 Å². The largest absolute Gasteiger partial charge is 0.325 e. The van der Waals surface area contributed by atoms with E-state index in [1.165, 1.54) is 36.5 Å². The number of nitrogens with zero attached hydrogens (tertiary/aromatic N) is 1. The van der Waals surface area contributed by atoms with Gasteiger partial charge in [0, 0.05) is 21.4 Å². The summed E-state index contributed by atoms with van der Waals surface area (Å²) < 4.78 is 25.0. The quantitative estimate of drug-likeness (QED) is 0.537. The Bertz CT molecular complexity index is 699. The van der Waals surface area contributed by atoms with Crippen LogP contribution in [0.1, 0.15) is 5.56 Å². The van der Waals surface area contributed by atoms with E-state index < -0.39 is 9.84 Å². The van der Waals surface area contributed by atoms with Crippen LogP contribution >= 0.6 is 23.2 Å². The number of pyridine rings is 1. The van der Waals surface area contributed by atoms with Gasteiger partial charge in [-0.05, 0) is 41.9 Å². The molecule has 0 saturated heterocycles. The molecule has 0 fully saturated rings. The Kier molecular flexibility index (Phi) is 3.99. The highest BCUT2D eigenvalue weighted by atomic mass is 35.5. The van der Waals surface area contributed by atoms with Gasteiger partial charge < -0.3 is 0 Å². The first-order valence-electron chi connectivity index (χ1n) is 5.26. The van der Waals surface area contributed by atoms with E-state index in [1.807, 2.05) is 0 Å². The Hall–Kier alpha value is -1.30. The summed E-state index contributed by atoms with van der Waals surface area (Å²) in [6.45, 7) is 0. The Balaban J connectivity index is 2.30. The average molecular weight is 319 g/mol. The number of rotatable bonds is 3. The number of halogens is 2. The molecule has 0 atom stereocenters. The summed E-state index contributed by atoms with van der Waals surface area (Å²) in [4.78, 5) is 0.177. The minimum atomic E-state index is -3.49. The third-order valence-electron chi connectivity index (χ3n) is 2.47. The first-order chi connectivity index (χ1) is 8.88. The van der Waals surface area contributed by atoms with E-state index in [2.05, 4.69) is 0 Å². The van der Waals surface area contributed by atoms with Gasteiger partial charge in [-0.3, -0.25) is 5.21 Å². The lowest BCUT2D eigenvalue weighted by Gasteiger charge is -2.03. The highest BCUT2D eigenvalue weighted by molar-refractivity contribution is 7.90. The van der Waals surface area contributed by atoms with Crippen molar-refractivity contribution in [3.63, 3.8) is 0 Å². The minimum Gasteiger partial charge on any atom is -0.284 e. The van der Waals surface area contributed by atoms with Crippen molar-refractivity contribution in [1.82, 2.24) is 0 Å². The molecule has 1 N–H and O–H groups in total.